The molecule has 0 radical (unpaired) electrons. The second-order valence-corrected chi connectivity index (χ2v) is 6.75. The van der Waals surface area contributed by atoms with E-state index in [1.54, 1.807) is 24.3 Å². The Morgan fingerprint density at radius 1 is 1.03 bits per heavy atom. The second-order valence-electron chi connectivity index (χ2n) is 6.75. The predicted molar refractivity (Wildman–Crippen MR) is 114 cm³/mol. The van der Waals surface area contributed by atoms with Gasteiger partial charge in [0.1, 0.15) is 5.82 Å². The fourth-order valence-corrected chi connectivity index (χ4v) is 2.98. The summed E-state index contributed by atoms with van der Waals surface area (Å²) in [6, 6.07) is 17.1. The van der Waals surface area contributed by atoms with E-state index in [1.165, 1.54) is 12.1 Å². The SMILES string of the molecule is CCCCN(CC)C(=O)c1ccc(Nc2ccc(-c3cccc(F)c3)nn2)cc1. The Kier molecular flexibility index (Phi) is 6.89. The van der Waals surface area contributed by atoms with Gasteiger partial charge in [-0.05, 0) is 61.9 Å². The van der Waals surface area contributed by atoms with Crippen molar-refractivity contribution in [2.45, 2.75) is 26.7 Å². The van der Waals surface area contributed by atoms with Gasteiger partial charge < -0.3 is 10.2 Å². The summed E-state index contributed by atoms with van der Waals surface area (Å²) in [5.41, 5.74) is 2.75. The quantitative estimate of drug-likeness (QED) is 0.566. The van der Waals surface area contributed by atoms with Gasteiger partial charge in [-0.2, -0.15) is 0 Å². The molecule has 0 aliphatic rings. The number of nitrogens with one attached hydrogen (secondary N) is 1. The van der Waals surface area contributed by atoms with Crippen molar-refractivity contribution < 1.29 is 9.18 Å². The molecule has 1 amide bonds. The Morgan fingerprint density at radius 3 is 2.45 bits per heavy atom. The summed E-state index contributed by atoms with van der Waals surface area (Å²) in [5.74, 6) is 0.312. The molecule has 0 atom stereocenters. The van der Waals surface area contributed by atoms with E-state index in [4.69, 9.17) is 0 Å². The Bertz CT molecular complexity index is 942. The van der Waals surface area contributed by atoms with Crippen LogP contribution in [0, 0.1) is 5.82 Å². The van der Waals surface area contributed by atoms with Crippen molar-refractivity contribution >= 4 is 17.4 Å². The van der Waals surface area contributed by atoms with E-state index in [0.29, 0.717) is 29.2 Å². The summed E-state index contributed by atoms with van der Waals surface area (Å²) in [7, 11) is 0. The number of hydrogen-bond donors (Lipinski definition) is 1. The van der Waals surface area contributed by atoms with Gasteiger partial charge in [0, 0.05) is 29.9 Å². The molecule has 1 heterocycles. The van der Waals surface area contributed by atoms with Crippen molar-refractivity contribution in [1.29, 1.82) is 0 Å². The highest BCUT2D eigenvalue weighted by molar-refractivity contribution is 5.94. The average Bonchev–Trinajstić information content (AvgIpc) is 2.75. The lowest BCUT2D eigenvalue weighted by Crippen LogP contribution is -2.31. The van der Waals surface area contributed by atoms with E-state index in [1.807, 2.05) is 36.1 Å². The summed E-state index contributed by atoms with van der Waals surface area (Å²) < 4.78 is 13.4. The van der Waals surface area contributed by atoms with Crippen LogP contribution in [0.15, 0.2) is 60.7 Å². The van der Waals surface area contributed by atoms with Crippen LogP contribution in [0.2, 0.25) is 0 Å². The number of carbonyl (C=O) groups excluding carboxylic acids is 1. The zero-order chi connectivity index (χ0) is 20.6. The Morgan fingerprint density at radius 2 is 1.83 bits per heavy atom. The van der Waals surface area contributed by atoms with E-state index < -0.39 is 0 Å². The summed E-state index contributed by atoms with van der Waals surface area (Å²) in [6.45, 7) is 5.59. The van der Waals surface area contributed by atoms with Crippen LogP contribution < -0.4 is 5.32 Å². The maximum absolute atomic E-state index is 13.4. The van der Waals surface area contributed by atoms with Crippen molar-refractivity contribution in [3.05, 3.63) is 72.0 Å². The topological polar surface area (TPSA) is 58.1 Å². The molecule has 0 saturated carbocycles. The lowest BCUT2D eigenvalue weighted by molar-refractivity contribution is 0.0762. The first kappa shape index (κ1) is 20.5. The summed E-state index contributed by atoms with van der Waals surface area (Å²) in [4.78, 5) is 14.5. The van der Waals surface area contributed by atoms with Gasteiger partial charge >= 0.3 is 0 Å². The number of carbonyl (C=O) groups is 1. The van der Waals surface area contributed by atoms with Gasteiger partial charge in [0.15, 0.2) is 5.82 Å². The predicted octanol–water partition coefficient (Wildman–Crippen LogP) is 5.29. The maximum Gasteiger partial charge on any atom is 0.253 e. The molecule has 0 aliphatic heterocycles. The van der Waals surface area contributed by atoms with Crippen LogP contribution in [-0.2, 0) is 0 Å². The Labute approximate surface area is 170 Å². The molecule has 3 aromatic rings. The van der Waals surface area contributed by atoms with Crippen LogP contribution in [0.4, 0.5) is 15.9 Å². The molecule has 2 aromatic carbocycles. The third-order valence-electron chi connectivity index (χ3n) is 4.64. The van der Waals surface area contributed by atoms with Crippen LogP contribution in [0.5, 0.6) is 0 Å². The first-order valence-corrected chi connectivity index (χ1v) is 9.86. The van der Waals surface area contributed by atoms with E-state index >= 15 is 0 Å². The molecule has 0 spiro atoms. The number of unbranched alkanes of at least 4 members (excludes halogenated alkanes) is 1. The lowest BCUT2D eigenvalue weighted by atomic mass is 10.1. The van der Waals surface area contributed by atoms with Crippen LogP contribution in [0.25, 0.3) is 11.3 Å². The molecule has 3 rings (SSSR count). The van der Waals surface area contributed by atoms with Gasteiger partial charge in [-0.15, -0.1) is 10.2 Å². The van der Waals surface area contributed by atoms with Crippen LogP contribution in [0.3, 0.4) is 0 Å². The molecular weight excluding hydrogens is 367 g/mol. The highest BCUT2D eigenvalue weighted by Gasteiger charge is 2.13. The number of rotatable bonds is 8. The van der Waals surface area contributed by atoms with Gasteiger partial charge in [0.2, 0.25) is 0 Å². The van der Waals surface area contributed by atoms with Gasteiger partial charge in [-0.3, -0.25) is 4.79 Å². The number of anilines is 2. The minimum absolute atomic E-state index is 0.0479. The molecule has 1 aromatic heterocycles. The fourth-order valence-electron chi connectivity index (χ4n) is 2.98. The van der Waals surface area contributed by atoms with Crippen molar-refractivity contribution in [2.75, 3.05) is 18.4 Å². The van der Waals surface area contributed by atoms with Crippen LogP contribution in [-0.4, -0.2) is 34.1 Å². The standard InChI is InChI=1S/C23H25FN4O/c1-3-5-15-28(4-2)23(29)17-9-11-20(12-10-17)25-22-14-13-21(26-27-22)18-7-6-8-19(24)16-18/h6-14,16H,3-5,15H2,1-2H3,(H,25,27). The molecule has 0 bridgehead atoms. The minimum atomic E-state index is -0.308. The first-order valence-electron chi connectivity index (χ1n) is 9.86. The van der Waals surface area contributed by atoms with Gasteiger partial charge in [-0.25, -0.2) is 4.39 Å². The number of hydrogen-bond acceptors (Lipinski definition) is 4. The maximum atomic E-state index is 13.4. The first-order chi connectivity index (χ1) is 14.1. The van der Waals surface area contributed by atoms with Crippen LogP contribution in [0.1, 0.15) is 37.0 Å². The van der Waals surface area contributed by atoms with Gasteiger partial charge in [0.05, 0.1) is 5.69 Å². The molecule has 29 heavy (non-hydrogen) atoms. The molecule has 150 valence electrons. The van der Waals surface area contributed by atoms with Crippen molar-refractivity contribution in [3.63, 3.8) is 0 Å². The van der Waals surface area contributed by atoms with Gasteiger partial charge in [0.25, 0.3) is 5.91 Å². The highest BCUT2D eigenvalue weighted by Crippen LogP contribution is 2.20. The van der Waals surface area contributed by atoms with E-state index in [0.717, 1.165) is 25.1 Å². The molecule has 0 saturated heterocycles. The molecule has 0 aliphatic carbocycles. The van der Waals surface area contributed by atoms with E-state index in [-0.39, 0.29) is 11.7 Å². The van der Waals surface area contributed by atoms with Crippen molar-refractivity contribution in [2.24, 2.45) is 0 Å². The van der Waals surface area contributed by atoms with E-state index in [9.17, 15) is 9.18 Å². The average molecular weight is 392 g/mol. The van der Waals surface area contributed by atoms with E-state index in [2.05, 4.69) is 22.4 Å². The van der Waals surface area contributed by atoms with Crippen molar-refractivity contribution in [3.8, 4) is 11.3 Å². The second kappa shape index (κ2) is 9.78. The highest BCUT2D eigenvalue weighted by atomic mass is 19.1. The van der Waals surface area contributed by atoms with Gasteiger partial charge in [-0.1, -0.05) is 25.5 Å². The fraction of sp³-hybridized carbons (Fsp3) is 0.261. The number of aromatic nitrogens is 2. The number of nitrogens with zero attached hydrogens (tertiary/aromatic N) is 3. The smallest absolute Gasteiger partial charge is 0.253 e. The monoisotopic (exact) mass is 392 g/mol. The molecule has 0 fully saturated rings. The Hall–Kier alpha value is -3.28. The van der Waals surface area contributed by atoms with Crippen LogP contribution >= 0.6 is 0 Å². The minimum Gasteiger partial charge on any atom is -0.339 e. The third-order valence-corrected chi connectivity index (χ3v) is 4.64. The number of halogens is 1. The summed E-state index contributed by atoms with van der Waals surface area (Å²) in [5, 5.41) is 11.5. The van der Waals surface area contributed by atoms with Crippen molar-refractivity contribution in [1.82, 2.24) is 15.1 Å². The third kappa shape index (κ3) is 5.38. The molecule has 6 heteroatoms. The zero-order valence-electron chi connectivity index (χ0n) is 16.7. The normalized spacial score (nSPS) is 10.6. The Balaban J connectivity index is 1.66. The largest absolute Gasteiger partial charge is 0.339 e. The molecule has 0 unspecified atom stereocenters. The molecular formula is C23H25FN4O. The molecule has 5 nitrogen and oxygen atoms in total. The zero-order valence-corrected chi connectivity index (χ0v) is 16.7. The summed E-state index contributed by atoms with van der Waals surface area (Å²) >= 11 is 0. The lowest BCUT2D eigenvalue weighted by Gasteiger charge is -2.20. The molecule has 1 N–H and O–H groups in total. The number of amides is 1. The summed E-state index contributed by atoms with van der Waals surface area (Å²) in [6.07, 6.45) is 2.06. The number of benzene rings is 2.